The Bertz CT molecular complexity index is 904. The van der Waals surface area contributed by atoms with Crippen LogP contribution in [0.2, 0.25) is 0 Å². The molecule has 2 N–H and O–H groups in total. The van der Waals surface area contributed by atoms with Gasteiger partial charge >= 0.3 is 0 Å². The van der Waals surface area contributed by atoms with Gasteiger partial charge in [-0.1, -0.05) is 18.2 Å². The van der Waals surface area contributed by atoms with Crippen LogP contribution in [-0.4, -0.2) is 32.3 Å². The van der Waals surface area contributed by atoms with Gasteiger partial charge in [-0.2, -0.15) is 0 Å². The van der Waals surface area contributed by atoms with Gasteiger partial charge in [-0.15, -0.1) is 0 Å². The first-order chi connectivity index (χ1) is 14.8. The standard InChI is InChI=1S/C25H37N3O2S/c1-19(2)28(24-8-6-5-7-9-24)25-16-14-22(15-17-25)26-18-21-10-12-23(13-11-21)27-31(29,30)20(3)4/h5-9,14-17,19-21,23,26-27H,10-13,18H2,1-4H3/t21-,23-. The van der Waals surface area contributed by atoms with Gasteiger partial charge in [0.25, 0.3) is 0 Å². The average molecular weight is 444 g/mol. The molecule has 0 aromatic heterocycles. The Morgan fingerprint density at radius 2 is 1.45 bits per heavy atom. The second kappa shape index (κ2) is 10.5. The maximum atomic E-state index is 12.1. The summed E-state index contributed by atoms with van der Waals surface area (Å²) in [5.41, 5.74) is 3.51. The van der Waals surface area contributed by atoms with E-state index in [0.29, 0.717) is 12.0 Å². The summed E-state index contributed by atoms with van der Waals surface area (Å²) in [5.74, 6) is 0.580. The van der Waals surface area contributed by atoms with Crippen LogP contribution in [0.15, 0.2) is 54.6 Å². The number of hydrogen-bond donors (Lipinski definition) is 2. The molecule has 0 amide bonds. The highest BCUT2D eigenvalue weighted by molar-refractivity contribution is 7.90. The summed E-state index contributed by atoms with van der Waals surface area (Å²) in [4.78, 5) is 2.34. The van der Waals surface area contributed by atoms with Crippen LogP contribution in [0.25, 0.3) is 0 Å². The summed E-state index contributed by atoms with van der Waals surface area (Å²) in [6, 6.07) is 19.6. The summed E-state index contributed by atoms with van der Waals surface area (Å²) in [6.07, 6.45) is 3.92. The van der Waals surface area contributed by atoms with Gasteiger partial charge in [0.1, 0.15) is 0 Å². The molecule has 0 heterocycles. The first-order valence-electron chi connectivity index (χ1n) is 11.5. The topological polar surface area (TPSA) is 61.4 Å². The van der Waals surface area contributed by atoms with E-state index in [0.717, 1.165) is 37.9 Å². The molecule has 0 atom stereocenters. The van der Waals surface area contributed by atoms with Crippen molar-refractivity contribution in [2.75, 3.05) is 16.8 Å². The molecule has 0 spiro atoms. The number of anilines is 3. The van der Waals surface area contributed by atoms with Crippen LogP contribution in [-0.2, 0) is 10.0 Å². The lowest BCUT2D eigenvalue weighted by molar-refractivity contribution is 0.323. The lowest BCUT2D eigenvalue weighted by Crippen LogP contribution is -2.41. The third kappa shape index (κ3) is 6.47. The normalized spacial score (nSPS) is 19.5. The van der Waals surface area contributed by atoms with Gasteiger partial charge in [0, 0.05) is 35.7 Å². The van der Waals surface area contributed by atoms with Gasteiger partial charge in [0.05, 0.1) is 5.25 Å². The first kappa shape index (κ1) is 23.6. The summed E-state index contributed by atoms with van der Waals surface area (Å²) in [5, 5.41) is 3.20. The third-order valence-corrected chi connectivity index (χ3v) is 7.99. The Balaban J connectivity index is 1.51. The third-order valence-electron chi connectivity index (χ3n) is 6.09. The van der Waals surface area contributed by atoms with E-state index in [1.165, 1.54) is 11.4 Å². The van der Waals surface area contributed by atoms with Gasteiger partial charge in [-0.05, 0) is 95.7 Å². The highest BCUT2D eigenvalue weighted by Crippen LogP contribution is 2.29. The van der Waals surface area contributed by atoms with Crippen LogP contribution in [0.4, 0.5) is 17.1 Å². The van der Waals surface area contributed by atoms with Crippen molar-refractivity contribution in [1.29, 1.82) is 0 Å². The van der Waals surface area contributed by atoms with Crippen LogP contribution in [0.5, 0.6) is 0 Å². The molecule has 6 heteroatoms. The average Bonchev–Trinajstić information content (AvgIpc) is 2.74. The maximum absolute atomic E-state index is 12.1. The number of hydrogen-bond acceptors (Lipinski definition) is 4. The Kier molecular flexibility index (Phi) is 8.00. The molecular formula is C25H37N3O2S. The number of para-hydroxylation sites is 1. The van der Waals surface area contributed by atoms with Crippen LogP contribution in [0.1, 0.15) is 53.4 Å². The van der Waals surface area contributed by atoms with E-state index in [-0.39, 0.29) is 11.3 Å². The van der Waals surface area contributed by atoms with E-state index in [1.54, 1.807) is 13.8 Å². The van der Waals surface area contributed by atoms with Crippen molar-refractivity contribution in [1.82, 2.24) is 4.72 Å². The quantitative estimate of drug-likeness (QED) is 0.535. The number of sulfonamides is 1. The molecule has 5 nitrogen and oxygen atoms in total. The van der Waals surface area contributed by atoms with Crippen molar-refractivity contribution >= 4 is 27.1 Å². The summed E-state index contributed by atoms with van der Waals surface area (Å²) in [7, 11) is -3.18. The van der Waals surface area contributed by atoms with Crippen molar-refractivity contribution in [2.24, 2.45) is 5.92 Å². The minimum Gasteiger partial charge on any atom is -0.385 e. The number of nitrogens with one attached hydrogen (secondary N) is 2. The fourth-order valence-electron chi connectivity index (χ4n) is 4.19. The first-order valence-corrected chi connectivity index (χ1v) is 13.0. The monoisotopic (exact) mass is 443 g/mol. The molecule has 1 fully saturated rings. The molecule has 2 aromatic rings. The molecule has 170 valence electrons. The van der Waals surface area contributed by atoms with Gasteiger partial charge in [-0.3, -0.25) is 0 Å². The number of rotatable bonds is 9. The van der Waals surface area contributed by atoms with Gasteiger partial charge < -0.3 is 10.2 Å². The second-order valence-corrected chi connectivity index (χ2v) is 11.4. The van der Waals surface area contributed by atoms with E-state index >= 15 is 0 Å². The zero-order valence-electron chi connectivity index (χ0n) is 19.2. The van der Waals surface area contributed by atoms with Crippen molar-refractivity contribution < 1.29 is 8.42 Å². The zero-order valence-corrected chi connectivity index (χ0v) is 20.0. The Morgan fingerprint density at radius 1 is 0.871 bits per heavy atom. The lowest BCUT2D eigenvalue weighted by atomic mass is 9.86. The predicted octanol–water partition coefficient (Wildman–Crippen LogP) is 5.53. The maximum Gasteiger partial charge on any atom is 0.214 e. The van der Waals surface area contributed by atoms with Crippen molar-refractivity contribution in [3.63, 3.8) is 0 Å². The van der Waals surface area contributed by atoms with E-state index in [4.69, 9.17) is 0 Å². The molecule has 0 aliphatic heterocycles. The smallest absolute Gasteiger partial charge is 0.214 e. The van der Waals surface area contributed by atoms with E-state index in [1.807, 2.05) is 6.07 Å². The van der Waals surface area contributed by atoms with Gasteiger partial charge in [-0.25, -0.2) is 13.1 Å². The molecule has 2 aromatic carbocycles. The van der Waals surface area contributed by atoms with Crippen LogP contribution < -0.4 is 14.9 Å². The fourth-order valence-corrected chi connectivity index (χ4v) is 5.16. The van der Waals surface area contributed by atoms with Crippen LogP contribution >= 0.6 is 0 Å². The molecule has 1 aliphatic rings. The van der Waals surface area contributed by atoms with Gasteiger partial charge in [0.15, 0.2) is 0 Å². The Morgan fingerprint density at radius 3 is 2.00 bits per heavy atom. The largest absolute Gasteiger partial charge is 0.385 e. The second-order valence-electron chi connectivity index (χ2n) is 9.16. The van der Waals surface area contributed by atoms with Gasteiger partial charge in [0.2, 0.25) is 10.0 Å². The van der Waals surface area contributed by atoms with Crippen molar-refractivity contribution in [2.45, 2.75) is 70.7 Å². The summed E-state index contributed by atoms with van der Waals surface area (Å²) < 4.78 is 27.0. The number of benzene rings is 2. The van der Waals surface area contributed by atoms with E-state index < -0.39 is 10.0 Å². The molecule has 1 aliphatic carbocycles. The molecule has 0 bridgehead atoms. The Labute approximate surface area is 188 Å². The Hall–Kier alpha value is -2.05. The summed E-state index contributed by atoms with van der Waals surface area (Å²) in [6.45, 7) is 8.79. The minimum absolute atomic E-state index is 0.0861. The van der Waals surface area contributed by atoms with E-state index in [2.05, 4.69) is 77.3 Å². The van der Waals surface area contributed by atoms with Crippen molar-refractivity contribution in [3.05, 3.63) is 54.6 Å². The summed E-state index contributed by atoms with van der Waals surface area (Å²) >= 11 is 0. The molecule has 0 radical (unpaired) electrons. The molecule has 31 heavy (non-hydrogen) atoms. The van der Waals surface area contributed by atoms with Crippen molar-refractivity contribution in [3.8, 4) is 0 Å². The highest BCUT2D eigenvalue weighted by Gasteiger charge is 2.26. The molecule has 3 rings (SSSR count). The minimum atomic E-state index is -3.18. The number of nitrogens with zero attached hydrogens (tertiary/aromatic N) is 1. The van der Waals surface area contributed by atoms with E-state index in [9.17, 15) is 8.42 Å². The molecule has 0 saturated heterocycles. The van der Waals surface area contributed by atoms with Crippen LogP contribution in [0, 0.1) is 5.92 Å². The van der Waals surface area contributed by atoms with Crippen LogP contribution in [0.3, 0.4) is 0 Å². The zero-order chi connectivity index (χ0) is 22.4. The molecule has 0 unspecified atom stereocenters. The highest BCUT2D eigenvalue weighted by atomic mass is 32.2. The molecular weight excluding hydrogens is 406 g/mol. The lowest BCUT2D eigenvalue weighted by Gasteiger charge is -2.30. The SMILES string of the molecule is CC(C)N(c1ccccc1)c1ccc(NC[C@H]2CC[C@H](NS(=O)(=O)C(C)C)CC2)cc1. The molecule has 1 saturated carbocycles. The predicted molar refractivity (Wildman–Crippen MR) is 132 cm³/mol. The fraction of sp³-hybridized carbons (Fsp3) is 0.520.